The van der Waals surface area contributed by atoms with Crippen molar-refractivity contribution in [2.75, 3.05) is 19.8 Å². The van der Waals surface area contributed by atoms with Gasteiger partial charge in [0, 0.05) is 6.42 Å². The molecule has 12 unspecified atom stereocenters. The smallest absolute Gasteiger partial charge is 0.220 e. The van der Waals surface area contributed by atoms with Crippen LogP contribution in [0.2, 0.25) is 0 Å². The molecule has 2 heterocycles. The molecule has 0 aliphatic carbocycles. The summed E-state index contributed by atoms with van der Waals surface area (Å²) in [7, 11) is 0. The van der Waals surface area contributed by atoms with E-state index < -0.39 is 86.8 Å². The molecule has 2 aliphatic rings. The van der Waals surface area contributed by atoms with Crippen LogP contribution < -0.4 is 5.32 Å². The van der Waals surface area contributed by atoms with Crippen molar-refractivity contribution in [3.05, 3.63) is 24.3 Å². The van der Waals surface area contributed by atoms with Gasteiger partial charge in [0.2, 0.25) is 5.91 Å². The quantitative estimate of drug-likeness (QED) is 0.0204. The molecule has 1 amide bonds. The maximum absolute atomic E-state index is 13.4. The van der Waals surface area contributed by atoms with E-state index in [0.29, 0.717) is 12.8 Å². The Bertz CT molecular complexity index is 1720. The molecular formula is C83H159NO13. The van der Waals surface area contributed by atoms with Gasteiger partial charge in [0.25, 0.3) is 0 Å². The lowest BCUT2D eigenvalue weighted by molar-refractivity contribution is -0.359. The number of carbonyl (C=O) groups is 1. The average molecular weight is 1380 g/mol. The van der Waals surface area contributed by atoms with Gasteiger partial charge in [0.15, 0.2) is 12.6 Å². The van der Waals surface area contributed by atoms with Crippen molar-refractivity contribution >= 4 is 5.91 Å². The van der Waals surface area contributed by atoms with Crippen molar-refractivity contribution in [1.29, 1.82) is 0 Å². The molecule has 0 saturated carbocycles. The normalized spacial score (nSPS) is 22.2. The van der Waals surface area contributed by atoms with Gasteiger partial charge in [-0.3, -0.25) is 4.79 Å². The third-order valence-corrected chi connectivity index (χ3v) is 20.9. The number of hydrogen-bond acceptors (Lipinski definition) is 13. The third kappa shape index (κ3) is 50.5. The molecule has 0 spiro atoms. The van der Waals surface area contributed by atoms with Gasteiger partial charge >= 0.3 is 0 Å². The molecule has 0 radical (unpaired) electrons. The highest BCUT2D eigenvalue weighted by molar-refractivity contribution is 5.76. The Morgan fingerprint density at radius 3 is 1.01 bits per heavy atom. The van der Waals surface area contributed by atoms with Crippen LogP contribution >= 0.6 is 0 Å². The lowest BCUT2D eigenvalue weighted by Crippen LogP contribution is -2.65. The van der Waals surface area contributed by atoms with Crippen molar-refractivity contribution < 1.29 is 64.6 Å². The first-order valence-corrected chi connectivity index (χ1v) is 42.1. The van der Waals surface area contributed by atoms with E-state index in [4.69, 9.17) is 18.9 Å². The summed E-state index contributed by atoms with van der Waals surface area (Å²) in [6.45, 7) is 2.86. The monoisotopic (exact) mass is 1380 g/mol. The van der Waals surface area contributed by atoms with E-state index in [1.165, 1.54) is 340 Å². The molecule has 14 nitrogen and oxygen atoms in total. The molecule has 14 heteroatoms. The van der Waals surface area contributed by atoms with E-state index in [9.17, 15) is 45.6 Å². The molecule has 2 rings (SSSR count). The third-order valence-electron chi connectivity index (χ3n) is 20.9. The number of ether oxygens (including phenoxy) is 4. The summed E-state index contributed by atoms with van der Waals surface area (Å²) in [5.41, 5.74) is 0. The fraction of sp³-hybridized carbons (Fsp3) is 0.940. The number of allylic oxidation sites excluding steroid dienone is 3. The molecule has 0 bridgehead atoms. The van der Waals surface area contributed by atoms with Gasteiger partial charge in [0.05, 0.1) is 32.0 Å². The van der Waals surface area contributed by atoms with Crippen LogP contribution in [0.5, 0.6) is 0 Å². The molecule has 574 valence electrons. The van der Waals surface area contributed by atoms with E-state index in [0.717, 1.165) is 32.1 Å². The second kappa shape index (κ2) is 67.6. The molecule has 2 fully saturated rings. The van der Waals surface area contributed by atoms with Gasteiger partial charge in [-0.05, 0) is 32.1 Å². The van der Waals surface area contributed by atoms with Crippen LogP contribution in [0.4, 0.5) is 0 Å². The summed E-state index contributed by atoms with van der Waals surface area (Å²) >= 11 is 0. The average Bonchev–Trinajstić information content (AvgIpc) is 0.793. The van der Waals surface area contributed by atoms with E-state index in [1.807, 2.05) is 6.08 Å². The zero-order chi connectivity index (χ0) is 70.1. The van der Waals surface area contributed by atoms with Gasteiger partial charge in [-0.2, -0.15) is 0 Å². The Labute approximate surface area is 596 Å². The molecule has 0 aromatic rings. The first-order chi connectivity index (χ1) is 47.6. The Kier molecular flexibility index (Phi) is 63.8. The van der Waals surface area contributed by atoms with Gasteiger partial charge in [-0.15, -0.1) is 0 Å². The van der Waals surface area contributed by atoms with Crippen LogP contribution in [0.3, 0.4) is 0 Å². The zero-order valence-corrected chi connectivity index (χ0v) is 63.1. The van der Waals surface area contributed by atoms with Crippen LogP contribution in [0.25, 0.3) is 0 Å². The fourth-order valence-electron chi connectivity index (χ4n) is 14.3. The second-order valence-electron chi connectivity index (χ2n) is 30.0. The summed E-state index contributed by atoms with van der Waals surface area (Å²) in [6, 6.07) is -0.931. The minimum absolute atomic E-state index is 0.239. The van der Waals surface area contributed by atoms with E-state index in [2.05, 4.69) is 31.3 Å². The van der Waals surface area contributed by atoms with Crippen LogP contribution in [-0.2, 0) is 23.7 Å². The Morgan fingerprint density at radius 1 is 0.361 bits per heavy atom. The number of carbonyl (C=O) groups excluding carboxylic acids is 1. The van der Waals surface area contributed by atoms with Gasteiger partial charge < -0.3 is 65.1 Å². The molecular weight excluding hydrogens is 1220 g/mol. The van der Waals surface area contributed by atoms with Crippen molar-refractivity contribution in [3.8, 4) is 0 Å². The number of aliphatic hydroxyl groups is 8. The summed E-state index contributed by atoms with van der Waals surface area (Å²) in [5.74, 6) is -0.239. The van der Waals surface area contributed by atoms with Gasteiger partial charge in [-0.1, -0.05) is 391 Å². The first-order valence-electron chi connectivity index (χ1n) is 42.1. The minimum atomic E-state index is -1.79. The molecule has 0 aromatic heterocycles. The highest BCUT2D eigenvalue weighted by Gasteiger charge is 2.51. The van der Waals surface area contributed by atoms with Crippen molar-refractivity contribution in [2.45, 2.75) is 479 Å². The molecule has 9 N–H and O–H groups in total. The summed E-state index contributed by atoms with van der Waals surface area (Å²) in [4.78, 5) is 13.4. The molecule has 97 heavy (non-hydrogen) atoms. The van der Waals surface area contributed by atoms with Crippen LogP contribution in [0.15, 0.2) is 24.3 Å². The number of rotatable bonds is 72. The minimum Gasteiger partial charge on any atom is -0.394 e. The predicted octanol–water partition coefficient (Wildman–Crippen LogP) is 19.4. The Balaban J connectivity index is 1.61. The number of unbranched alkanes of at least 4 members (excludes halogenated alkanes) is 57. The van der Waals surface area contributed by atoms with Crippen LogP contribution in [0, 0.1) is 0 Å². The van der Waals surface area contributed by atoms with E-state index in [-0.39, 0.29) is 18.9 Å². The molecule has 12 atom stereocenters. The molecule has 2 aliphatic heterocycles. The molecule has 0 aromatic carbocycles. The topological polar surface area (TPSA) is 228 Å². The van der Waals surface area contributed by atoms with Gasteiger partial charge in [0.1, 0.15) is 48.8 Å². The standard InChI is InChI=1S/C83H159NO13/c1-3-5-7-9-11-13-15-17-19-21-23-25-27-29-31-33-35-37-38-40-42-44-46-48-50-52-54-56-58-60-62-64-66-72(87)71(70-94-82-80(93)78(91)81(74(69-86)96-82)97-83-79(92)77(90)76(89)73(68-85)95-83)84-75(88)67-65-63-61-59-57-55-53-51-49-47-45-43-41-39-36-34-32-30-28-26-24-22-20-18-16-14-12-10-8-6-4-2/h56,58,64,66,71-74,76-83,85-87,89-93H,3-55,57,59-63,65,67-70H2,1-2H3,(H,84,88)/b58-56+,66-64+. The van der Waals surface area contributed by atoms with Crippen molar-refractivity contribution in [3.63, 3.8) is 0 Å². The lowest BCUT2D eigenvalue weighted by atomic mass is 9.97. The number of hydrogen-bond donors (Lipinski definition) is 9. The zero-order valence-electron chi connectivity index (χ0n) is 63.1. The van der Waals surface area contributed by atoms with Crippen molar-refractivity contribution in [2.24, 2.45) is 0 Å². The number of aliphatic hydroxyl groups excluding tert-OH is 8. The van der Waals surface area contributed by atoms with E-state index in [1.54, 1.807) is 6.08 Å². The maximum atomic E-state index is 13.4. The van der Waals surface area contributed by atoms with Crippen LogP contribution in [-0.4, -0.2) is 140 Å². The Morgan fingerprint density at radius 2 is 0.660 bits per heavy atom. The first kappa shape index (κ1) is 91.6. The summed E-state index contributed by atoms with van der Waals surface area (Å²) < 4.78 is 22.9. The summed E-state index contributed by atoms with van der Waals surface area (Å²) in [5, 5.41) is 87.7. The maximum Gasteiger partial charge on any atom is 0.220 e. The second-order valence-corrected chi connectivity index (χ2v) is 30.0. The highest BCUT2D eigenvalue weighted by Crippen LogP contribution is 2.30. The predicted molar refractivity (Wildman–Crippen MR) is 402 cm³/mol. The van der Waals surface area contributed by atoms with E-state index >= 15 is 0 Å². The van der Waals surface area contributed by atoms with Crippen molar-refractivity contribution in [1.82, 2.24) is 5.32 Å². The van der Waals surface area contributed by atoms with Crippen LogP contribution in [0.1, 0.15) is 406 Å². The number of nitrogens with one attached hydrogen (secondary N) is 1. The summed E-state index contributed by atoms with van der Waals surface area (Å²) in [6.07, 6.45) is 71.4. The SMILES string of the molecule is CCCCCCCCCCCCCCCCCCCCCCCCCCCC/C=C/CC/C=C/C(O)C(COC1OC(CO)C(OC2OC(CO)C(O)C(O)C2O)C(O)C1O)NC(=O)CCCCCCCCCCCCCCCCCCCCCCCCCCCCCCCCC. The fourth-order valence-corrected chi connectivity index (χ4v) is 14.3. The number of amides is 1. The highest BCUT2D eigenvalue weighted by atomic mass is 16.7. The Hall–Kier alpha value is -1.53. The largest absolute Gasteiger partial charge is 0.394 e. The lowest BCUT2D eigenvalue weighted by Gasteiger charge is -2.46. The van der Waals surface area contributed by atoms with Gasteiger partial charge in [-0.25, -0.2) is 0 Å². The molecule has 2 saturated heterocycles.